The summed E-state index contributed by atoms with van der Waals surface area (Å²) in [5.41, 5.74) is 0.138. The first-order valence-electron chi connectivity index (χ1n) is 8.22. The number of ether oxygens (including phenoxy) is 1. The minimum Gasteiger partial charge on any atom is -0.460 e. The van der Waals surface area contributed by atoms with Crippen molar-refractivity contribution in [2.75, 3.05) is 0 Å². The number of esters is 1. The molecule has 4 aliphatic rings. The molecular formula is C18H26O2. The molecule has 7 atom stereocenters. The Morgan fingerprint density at radius 3 is 2.65 bits per heavy atom. The zero-order valence-electron chi connectivity index (χ0n) is 13.1. The molecule has 0 amide bonds. The Hall–Kier alpha value is -0.790. The summed E-state index contributed by atoms with van der Waals surface area (Å²) in [6.45, 7) is 8.43. The molecule has 4 rings (SSSR count). The molecule has 3 saturated carbocycles. The van der Waals surface area contributed by atoms with Gasteiger partial charge < -0.3 is 4.74 Å². The smallest absolute Gasteiger partial charge is 0.309 e. The molecule has 20 heavy (non-hydrogen) atoms. The van der Waals surface area contributed by atoms with Crippen molar-refractivity contribution >= 4 is 5.97 Å². The van der Waals surface area contributed by atoms with Gasteiger partial charge in [0.25, 0.3) is 0 Å². The molecule has 0 aliphatic heterocycles. The molecular weight excluding hydrogens is 248 g/mol. The SMILES string of the molecule is CC(C)(C)OC(=O)C1CC2CC1C1C3C=CC(C3)C21C. The number of hydrogen-bond donors (Lipinski definition) is 0. The Morgan fingerprint density at radius 1 is 1.20 bits per heavy atom. The Labute approximate surface area is 122 Å². The molecule has 0 radical (unpaired) electrons. The van der Waals surface area contributed by atoms with Gasteiger partial charge in [-0.05, 0) is 75.0 Å². The number of rotatable bonds is 1. The van der Waals surface area contributed by atoms with Gasteiger partial charge in [-0.2, -0.15) is 0 Å². The number of carbonyl (C=O) groups is 1. The molecule has 0 saturated heterocycles. The average molecular weight is 274 g/mol. The van der Waals surface area contributed by atoms with Gasteiger partial charge in [-0.1, -0.05) is 19.1 Å². The quantitative estimate of drug-likeness (QED) is 0.413. The third kappa shape index (κ3) is 1.48. The third-order valence-electron chi connectivity index (χ3n) is 6.76. The van der Waals surface area contributed by atoms with Crippen LogP contribution in [0.2, 0.25) is 0 Å². The van der Waals surface area contributed by atoms with Crippen LogP contribution >= 0.6 is 0 Å². The molecule has 4 aliphatic carbocycles. The van der Waals surface area contributed by atoms with Crippen molar-refractivity contribution in [3.63, 3.8) is 0 Å². The molecule has 110 valence electrons. The Morgan fingerprint density at radius 2 is 1.95 bits per heavy atom. The van der Waals surface area contributed by atoms with E-state index in [4.69, 9.17) is 4.74 Å². The van der Waals surface area contributed by atoms with Crippen molar-refractivity contribution in [2.24, 2.45) is 40.9 Å². The second-order valence-electron chi connectivity index (χ2n) is 8.75. The maximum atomic E-state index is 12.5. The van der Waals surface area contributed by atoms with Crippen LogP contribution < -0.4 is 0 Å². The van der Waals surface area contributed by atoms with Crippen LogP contribution in [0.1, 0.15) is 47.0 Å². The summed E-state index contributed by atoms with van der Waals surface area (Å²) >= 11 is 0. The van der Waals surface area contributed by atoms with E-state index in [9.17, 15) is 4.79 Å². The topological polar surface area (TPSA) is 26.3 Å². The number of allylic oxidation sites excluding steroid dienone is 2. The van der Waals surface area contributed by atoms with Crippen LogP contribution in [0.25, 0.3) is 0 Å². The molecule has 4 bridgehead atoms. The van der Waals surface area contributed by atoms with Crippen molar-refractivity contribution in [3.05, 3.63) is 12.2 Å². The van der Waals surface area contributed by atoms with E-state index in [0.29, 0.717) is 11.3 Å². The molecule has 0 aromatic heterocycles. The van der Waals surface area contributed by atoms with Gasteiger partial charge in [-0.25, -0.2) is 0 Å². The lowest BCUT2D eigenvalue weighted by Crippen LogP contribution is -2.43. The van der Waals surface area contributed by atoms with E-state index in [2.05, 4.69) is 19.1 Å². The van der Waals surface area contributed by atoms with Crippen molar-refractivity contribution < 1.29 is 9.53 Å². The van der Waals surface area contributed by atoms with Crippen LogP contribution in [0.5, 0.6) is 0 Å². The van der Waals surface area contributed by atoms with E-state index in [-0.39, 0.29) is 17.5 Å². The highest BCUT2D eigenvalue weighted by atomic mass is 16.6. The van der Waals surface area contributed by atoms with E-state index in [1.807, 2.05) is 20.8 Å². The summed E-state index contributed by atoms with van der Waals surface area (Å²) in [5.74, 6) is 3.84. The van der Waals surface area contributed by atoms with Gasteiger partial charge in [0.2, 0.25) is 0 Å². The maximum Gasteiger partial charge on any atom is 0.309 e. The predicted octanol–water partition coefficient (Wildman–Crippen LogP) is 3.81. The molecule has 0 heterocycles. The van der Waals surface area contributed by atoms with Gasteiger partial charge in [0.15, 0.2) is 0 Å². The Kier molecular flexibility index (Phi) is 2.39. The van der Waals surface area contributed by atoms with Crippen LogP contribution in [-0.2, 0) is 9.53 Å². The van der Waals surface area contributed by atoms with E-state index in [1.54, 1.807) is 0 Å². The lowest BCUT2D eigenvalue weighted by Gasteiger charge is -2.45. The standard InChI is InChI=1S/C18H26O2/c1-17(2,3)20-16(19)14-9-12-8-13(14)15-10-5-6-11(7-10)18(12,15)4/h5-6,10-15H,7-9H2,1-4H3. The monoisotopic (exact) mass is 274 g/mol. The molecule has 2 heteroatoms. The summed E-state index contributed by atoms with van der Waals surface area (Å²) in [5, 5.41) is 0. The lowest BCUT2D eigenvalue weighted by molar-refractivity contribution is -0.164. The van der Waals surface area contributed by atoms with Gasteiger partial charge >= 0.3 is 5.97 Å². The maximum absolute atomic E-state index is 12.5. The molecule has 3 fully saturated rings. The third-order valence-corrected chi connectivity index (χ3v) is 6.76. The largest absolute Gasteiger partial charge is 0.460 e. The molecule has 0 N–H and O–H groups in total. The summed E-state index contributed by atoms with van der Waals surface area (Å²) < 4.78 is 5.68. The normalized spacial score (nSPS) is 51.6. The highest BCUT2D eigenvalue weighted by Gasteiger charge is 2.68. The van der Waals surface area contributed by atoms with Gasteiger partial charge in [0.05, 0.1) is 5.92 Å². The number of hydrogen-bond acceptors (Lipinski definition) is 2. The zero-order chi connectivity index (χ0) is 14.3. The highest BCUT2D eigenvalue weighted by Crippen LogP contribution is 2.73. The fourth-order valence-corrected chi connectivity index (χ4v) is 6.14. The van der Waals surface area contributed by atoms with Gasteiger partial charge in [-0.3, -0.25) is 4.79 Å². The van der Waals surface area contributed by atoms with E-state index in [0.717, 1.165) is 30.1 Å². The Bertz CT molecular complexity index is 486. The first-order chi connectivity index (χ1) is 9.30. The van der Waals surface area contributed by atoms with Crippen molar-refractivity contribution in [1.82, 2.24) is 0 Å². The first-order valence-corrected chi connectivity index (χ1v) is 8.22. The van der Waals surface area contributed by atoms with Crippen molar-refractivity contribution in [2.45, 2.75) is 52.6 Å². The fourth-order valence-electron chi connectivity index (χ4n) is 6.14. The van der Waals surface area contributed by atoms with Crippen molar-refractivity contribution in [1.29, 1.82) is 0 Å². The molecule has 2 nitrogen and oxygen atoms in total. The predicted molar refractivity (Wildman–Crippen MR) is 77.9 cm³/mol. The summed E-state index contributed by atoms with van der Waals surface area (Å²) in [4.78, 5) is 12.5. The van der Waals surface area contributed by atoms with Crippen molar-refractivity contribution in [3.8, 4) is 0 Å². The zero-order valence-corrected chi connectivity index (χ0v) is 13.1. The summed E-state index contributed by atoms with van der Waals surface area (Å²) in [7, 11) is 0. The van der Waals surface area contributed by atoms with Crippen LogP contribution in [-0.4, -0.2) is 11.6 Å². The molecule has 0 aromatic carbocycles. The highest BCUT2D eigenvalue weighted by molar-refractivity contribution is 5.74. The minimum atomic E-state index is -0.350. The van der Waals surface area contributed by atoms with E-state index in [1.165, 1.54) is 12.8 Å². The molecule has 0 spiro atoms. The van der Waals surface area contributed by atoms with Gasteiger partial charge in [0.1, 0.15) is 5.60 Å². The molecule has 7 unspecified atom stereocenters. The number of carbonyl (C=O) groups excluding carboxylic acids is 1. The van der Waals surface area contributed by atoms with Gasteiger partial charge in [0, 0.05) is 0 Å². The summed E-state index contributed by atoms with van der Waals surface area (Å²) in [6.07, 6.45) is 8.58. The van der Waals surface area contributed by atoms with Crippen LogP contribution in [0.3, 0.4) is 0 Å². The molecule has 0 aromatic rings. The average Bonchev–Trinajstić information content (AvgIpc) is 3.02. The number of fused-ring (bicyclic) bond motifs is 9. The second kappa shape index (κ2) is 3.69. The fraction of sp³-hybridized carbons (Fsp3) is 0.833. The summed E-state index contributed by atoms with van der Waals surface area (Å²) in [6, 6.07) is 0. The first kappa shape index (κ1) is 12.9. The van der Waals surface area contributed by atoms with Crippen LogP contribution in [0.4, 0.5) is 0 Å². The Balaban J connectivity index is 1.58. The van der Waals surface area contributed by atoms with Crippen LogP contribution in [0.15, 0.2) is 12.2 Å². The van der Waals surface area contributed by atoms with Gasteiger partial charge in [-0.15, -0.1) is 0 Å². The lowest BCUT2D eigenvalue weighted by atomic mass is 9.60. The van der Waals surface area contributed by atoms with E-state index >= 15 is 0 Å². The minimum absolute atomic E-state index is 0.0683. The van der Waals surface area contributed by atoms with Crippen LogP contribution in [0, 0.1) is 40.9 Å². The second-order valence-corrected chi connectivity index (χ2v) is 8.75. The van der Waals surface area contributed by atoms with E-state index < -0.39 is 0 Å².